The Bertz CT molecular complexity index is 1070. The summed E-state index contributed by atoms with van der Waals surface area (Å²) < 4.78 is 8.82. The number of carbonyl (C=O) groups is 1. The van der Waals surface area contributed by atoms with Crippen LogP contribution in [-0.2, 0) is 21.7 Å². The van der Waals surface area contributed by atoms with Crippen LogP contribution in [-0.4, -0.2) is 36.7 Å². The van der Waals surface area contributed by atoms with Gasteiger partial charge >= 0.3 is 0 Å². The van der Waals surface area contributed by atoms with Crippen molar-refractivity contribution in [1.29, 1.82) is 0 Å². The van der Waals surface area contributed by atoms with E-state index in [1.807, 2.05) is 33.0 Å². The minimum absolute atomic E-state index is 0.239. The average molecular weight is 398 g/mol. The van der Waals surface area contributed by atoms with Crippen LogP contribution in [0, 0.1) is 0 Å². The lowest BCUT2D eigenvalue weighted by atomic mass is 10.1. The Kier molecular flexibility index (Phi) is 5.78. The zero-order valence-electron chi connectivity index (χ0n) is 17.3. The number of ether oxygens (including phenoxy) is 1. The molecule has 154 valence electrons. The van der Waals surface area contributed by atoms with E-state index in [2.05, 4.69) is 34.2 Å². The maximum atomic E-state index is 13.0. The van der Waals surface area contributed by atoms with Crippen LogP contribution in [0.5, 0.6) is 0 Å². The minimum Gasteiger partial charge on any atom is -0.368 e. The molecule has 9 nitrogen and oxygen atoms in total. The molecule has 1 amide bonds. The number of hydrogen-bond donors (Lipinski definition) is 1. The number of nitrogens with one attached hydrogen (secondary N) is 1. The van der Waals surface area contributed by atoms with Gasteiger partial charge in [-0.05, 0) is 44.4 Å². The largest absolute Gasteiger partial charge is 0.368 e. The molecule has 3 aromatic heterocycles. The third-order valence-electron chi connectivity index (χ3n) is 4.59. The molecular formula is C20H26N6O3. The van der Waals surface area contributed by atoms with E-state index in [4.69, 9.17) is 4.74 Å². The van der Waals surface area contributed by atoms with Crippen LogP contribution >= 0.6 is 0 Å². The van der Waals surface area contributed by atoms with Crippen molar-refractivity contribution < 1.29 is 9.53 Å². The van der Waals surface area contributed by atoms with Crippen molar-refractivity contribution in [3.63, 3.8) is 0 Å². The summed E-state index contributed by atoms with van der Waals surface area (Å²) >= 11 is 0. The first kappa shape index (κ1) is 20.7. The van der Waals surface area contributed by atoms with E-state index in [0.29, 0.717) is 23.8 Å². The van der Waals surface area contributed by atoms with Crippen molar-refractivity contribution in [3.8, 4) is 0 Å². The number of rotatable bonds is 7. The number of aromatic nitrogens is 5. The van der Waals surface area contributed by atoms with Gasteiger partial charge in [-0.15, -0.1) is 0 Å². The van der Waals surface area contributed by atoms with Crippen LogP contribution in [0.2, 0.25) is 0 Å². The molecule has 3 aromatic rings. The Morgan fingerprint density at radius 2 is 2.10 bits per heavy atom. The molecule has 0 saturated heterocycles. The molecule has 0 aromatic carbocycles. The summed E-state index contributed by atoms with van der Waals surface area (Å²) in [5.41, 5.74) is 0.381. The highest BCUT2D eigenvalue weighted by atomic mass is 16.5. The van der Waals surface area contributed by atoms with Crippen LogP contribution in [0.4, 0.5) is 5.82 Å². The van der Waals surface area contributed by atoms with Crippen LogP contribution in [0.3, 0.4) is 0 Å². The number of fused-ring (bicyclic) bond motifs is 1. The summed E-state index contributed by atoms with van der Waals surface area (Å²) in [6, 6.07) is 3.42. The predicted molar refractivity (Wildman–Crippen MR) is 109 cm³/mol. The Morgan fingerprint density at radius 3 is 2.72 bits per heavy atom. The van der Waals surface area contributed by atoms with Gasteiger partial charge in [0, 0.05) is 19.0 Å². The summed E-state index contributed by atoms with van der Waals surface area (Å²) in [4.78, 5) is 33.3. The first-order chi connectivity index (χ1) is 13.7. The van der Waals surface area contributed by atoms with Gasteiger partial charge in [0.15, 0.2) is 5.82 Å². The SMILES string of the molecule is CCOC(C)(C)c1nn(CC(=O)Nc2ccncn2)c(=O)c2cc(C(C)C)cn12. The van der Waals surface area contributed by atoms with Crippen LogP contribution < -0.4 is 10.9 Å². The Balaban J connectivity index is 2.06. The summed E-state index contributed by atoms with van der Waals surface area (Å²) in [5.74, 6) is 0.750. The normalized spacial score (nSPS) is 11.9. The second kappa shape index (κ2) is 8.12. The maximum Gasteiger partial charge on any atom is 0.291 e. The van der Waals surface area contributed by atoms with Crippen molar-refractivity contribution in [2.24, 2.45) is 0 Å². The quantitative estimate of drug-likeness (QED) is 0.655. The molecule has 0 aliphatic carbocycles. The van der Waals surface area contributed by atoms with E-state index < -0.39 is 11.5 Å². The number of amides is 1. The maximum absolute atomic E-state index is 13.0. The minimum atomic E-state index is -0.751. The molecule has 0 radical (unpaired) electrons. The molecule has 3 heterocycles. The third kappa shape index (κ3) is 4.34. The summed E-state index contributed by atoms with van der Waals surface area (Å²) in [6.45, 7) is 10.1. The van der Waals surface area contributed by atoms with Crippen molar-refractivity contribution in [2.45, 2.75) is 52.7 Å². The molecule has 0 fully saturated rings. The highest BCUT2D eigenvalue weighted by Gasteiger charge is 2.28. The molecule has 0 aliphatic rings. The highest BCUT2D eigenvalue weighted by molar-refractivity contribution is 5.89. The van der Waals surface area contributed by atoms with Crippen molar-refractivity contribution in [2.75, 3.05) is 11.9 Å². The smallest absolute Gasteiger partial charge is 0.291 e. The van der Waals surface area contributed by atoms with Gasteiger partial charge in [0.2, 0.25) is 5.91 Å². The highest BCUT2D eigenvalue weighted by Crippen LogP contribution is 2.25. The van der Waals surface area contributed by atoms with Gasteiger partial charge in [-0.25, -0.2) is 14.6 Å². The fraction of sp³-hybridized carbons (Fsp3) is 0.450. The van der Waals surface area contributed by atoms with Crippen molar-refractivity contribution >= 4 is 17.2 Å². The van der Waals surface area contributed by atoms with Gasteiger partial charge in [0.1, 0.15) is 29.8 Å². The zero-order valence-corrected chi connectivity index (χ0v) is 17.3. The Morgan fingerprint density at radius 1 is 1.34 bits per heavy atom. The fourth-order valence-corrected chi connectivity index (χ4v) is 3.11. The van der Waals surface area contributed by atoms with Gasteiger partial charge in [0.05, 0.1) is 0 Å². The molecule has 0 bridgehead atoms. The second-order valence-corrected chi connectivity index (χ2v) is 7.56. The molecular weight excluding hydrogens is 372 g/mol. The topological polar surface area (TPSA) is 103 Å². The molecule has 0 spiro atoms. The van der Waals surface area contributed by atoms with Gasteiger partial charge in [-0.1, -0.05) is 13.8 Å². The average Bonchev–Trinajstić information content (AvgIpc) is 3.10. The first-order valence-corrected chi connectivity index (χ1v) is 9.56. The predicted octanol–water partition coefficient (Wildman–Crippen LogP) is 2.32. The lowest BCUT2D eigenvalue weighted by Gasteiger charge is -2.25. The third-order valence-corrected chi connectivity index (χ3v) is 4.59. The molecule has 0 saturated carbocycles. The first-order valence-electron chi connectivity index (χ1n) is 9.56. The number of nitrogens with zero attached hydrogens (tertiary/aromatic N) is 5. The second-order valence-electron chi connectivity index (χ2n) is 7.56. The molecule has 1 N–H and O–H groups in total. The standard InChI is InChI=1S/C20H26N6O3/c1-6-29-20(4,5)19-24-26(11-17(27)23-16-7-8-21-12-22-16)18(28)15-9-14(13(2)3)10-25(15)19/h7-10,12-13H,6,11H2,1-5H3,(H,21,22,23,27). The summed E-state index contributed by atoms with van der Waals surface area (Å²) in [7, 11) is 0. The molecule has 0 unspecified atom stereocenters. The van der Waals surface area contributed by atoms with Crippen LogP contribution in [0.15, 0.2) is 35.6 Å². The van der Waals surface area contributed by atoms with Gasteiger partial charge in [-0.3, -0.25) is 14.0 Å². The van der Waals surface area contributed by atoms with Gasteiger partial charge in [0.25, 0.3) is 5.56 Å². The molecule has 0 aliphatic heterocycles. The molecule has 0 atom stereocenters. The number of hydrogen-bond acceptors (Lipinski definition) is 6. The van der Waals surface area contributed by atoms with Crippen LogP contribution in [0.1, 0.15) is 51.9 Å². The van der Waals surface area contributed by atoms with E-state index in [-0.39, 0.29) is 18.0 Å². The lowest BCUT2D eigenvalue weighted by molar-refractivity contribution is -0.117. The van der Waals surface area contributed by atoms with E-state index in [9.17, 15) is 9.59 Å². The fourth-order valence-electron chi connectivity index (χ4n) is 3.11. The number of anilines is 1. The summed E-state index contributed by atoms with van der Waals surface area (Å²) in [5, 5.41) is 7.14. The van der Waals surface area contributed by atoms with Gasteiger partial charge < -0.3 is 10.1 Å². The monoisotopic (exact) mass is 398 g/mol. The van der Waals surface area contributed by atoms with E-state index in [1.165, 1.54) is 17.2 Å². The Hall–Kier alpha value is -3.07. The van der Waals surface area contributed by atoms with Gasteiger partial charge in [-0.2, -0.15) is 5.10 Å². The molecule has 3 rings (SSSR count). The van der Waals surface area contributed by atoms with E-state index >= 15 is 0 Å². The van der Waals surface area contributed by atoms with E-state index in [0.717, 1.165) is 5.56 Å². The lowest BCUT2D eigenvalue weighted by Crippen LogP contribution is -2.36. The Labute approximate surface area is 168 Å². The summed E-state index contributed by atoms with van der Waals surface area (Å²) in [6.07, 6.45) is 4.77. The van der Waals surface area contributed by atoms with Crippen molar-refractivity contribution in [1.82, 2.24) is 24.1 Å². The zero-order chi connectivity index (χ0) is 21.2. The molecule has 9 heteroatoms. The van der Waals surface area contributed by atoms with E-state index in [1.54, 1.807) is 10.5 Å². The van der Waals surface area contributed by atoms with Crippen molar-refractivity contribution in [3.05, 3.63) is 52.6 Å². The number of carbonyl (C=O) groups excluding carboxylic acids is 1. The molecule has 29 heavy (non-hydrogen) atoms. The van der Waals surface area contributed by atoms with Crippen LogP contribution in [0.25, 0.3) is 5.52 Å².